The maximum Gasteiger partial charge on any atom is 0.323 e. The third kappa shape index (κ3) is 4.95. The number of fused-ring (bicyclic) bond motifs is 1. The molecule has 5 aromatic rings. The van der Waals surface area contributed by atoms with Crippen molar-refractivity contribution in [3.8, 4) is 11.1 Å². The number of benzene rings is 4. The van der Waals surface area contributed by atoms with Gasteiger partial charge in [0.25, 0.3) is 0 Å². The van der Waals surface area contributed by atoms with Crippen LogP contribution in [0.25, 0.3) is 22.0 Å². The highest BCUT2D eigenvalue weighted by Crippen LogP contribution is 2.36. The quantitative estimate of drug-likeness (QED) is 0.237. The Morgan fingerprint density at radius 3 is 2.24 bits per heavy atom. The van der Waals surface area contributed by atoms with E-state index in [1.807, 2.05) is 86.6 Å². The van der Waals surface area contributed by atoms with Crippen molar-refractivity contribution in [1.82, 2.24) is 4.98 Å². The first-order valence-corrected chi connectivity index (χ1v) is 12.2. The summed E-state index contributed by atoms with van der Waals surface area (Å²) in [4.78, 5) is 30.9. The molecule has 0 aliphatic heterocycles. The molecule has 0 aliphatic rings. The molecular weight excluding hydrogens is 482 g/mol. The number of nitrogens with zero attached hydrogens (tertiary/aromatic N) is 1. The summed E-state index contributed by atoms with van der Waals surface area (Å²) in [6, 6.07) is 27.5. The van der Waals surface area contributed by atoms with Gasteiger partial charge in [-0.05, 0) is 48.7 Å². The molecule has 2 amide bonds. The van der Waals surface area contributed by atoms with Crippen LogP contribution < -0.4 is 10.6 Å². The Bertz CT molecular complexity index is 1630. The van der Waals surface area contributed by atoms with Gasteiger partial charge in [-0.3, -0.25) is 9.78 Å². The molecular formula is C31H24ClN3O2. The molecule has 0 spiro atoms. The van der Waals surface area contributed by atoms with Crippen LogP contribution in [0.15, 0.2) is 97.2 Å². The molecule has 0 saturated carbocycles. The average molecular weight is 506 g/mol. The number of amides is 2. The first-order valence-electron chi connectivity index (χ1n) is 11.8. The largest absolute Gasteiger partial charge is 0.323 e. The van der Waals surface area contributed by atoms with Crippen LogP contribution in [0.5, 0.6) is 0 Å². The highest BCUT2D eigenvalue weighted by molar-refractivity contribution is 6.35. The van der Waals surface area contributed by atoms with E-state index in [0.717, 1.165) is 27.8 Å². The minimum Gasteiger partial charge on any atom is -0.308 e. The first kappa shape index (κ1) is 24.2. The molecule has 0 fully saturated rings. The number of aromatic nitrogens is 1. The zero-order valence-electron chi connectivity index (χ0n) is 20.4. The topological polar surface area (TPSA) is 71.1 Å². The second-order valence-corrected chi connectivity index (χ2v) is 9.21. The maximum absolute atomic E-state index is 13.5. The maximum atomic E-state index is 13.5. The van der Waals surface area contributed by atoms with Crippen molar-refractivity contribution >= 4 is 45.7 Å². The summed E-state index contributed by atoms with van der Waals surface area (Å²) in [5.74, 6) is -0.142. The Kier molecular flexibility index (Phi) is 6.71. The molecule has 0 radical (unpaired) electrons. The third-order valence-corrected chi connectivity index (χ3v) is 6.56. The molecule has 182 valence electrons. The summed E-state index contributed by atoms with van der Waals surface area (Å²) in [6.07, 6.45) is 1.58. The van der Waals surface area contributed by atoms with E-state index in [4.69, 9.17) is 11.6 Å². The summed E-state index contributed by atoms with van der Waals surface area (Å²) in [6.45, 7) is 3.91. The molecule has 0 unspecified atom stereocenters. The molecule has 1 aromatic heterocycles. The average Bonchev–Trinajstić information content (AvgIpc) is 2.90. The van der Waals surface area contributed by atoms with Crippen LogP contribution in [0, 0.1) is 13.8 Å². The number of carbonyl (C=O) groups excluding carboxylic acids is 2. The number of carbonyl (C=O) groups is 2. The van der Waals surface area contributed by atoms with Crippen LogP contribution in [0.4, 0.5) is 16.2 Å². The number of para-hydroxylation sites is 2. The van der Waals surface area contributed by atoms with E-state index in [0.29, 0.717) is 32.9 Å². The lowest BCUT2D eigenvalue weighted by atomic mass is 9.92. The second kappa shape index (κ2) is 10.2. The van der Waals surface area contributed by atoms with Gasteiger partial charge >= 0.3 is 6.03 Å². The minimum atomic E-state index is -0.349. The standard InChI is InChI=1S/C31H24ClN3O2/c1-19-9-6-10-20(2)28(19)35-31(37)34-23-14-7-13-22(17-23)27-24-15-8-16-26(32)29(24)33-18-25(27)30(36)21-11-4-3-5-12-21/h3-18H,1-2H3,(H2,34,35,37). The summed E-state index contributed by atoms with van der Waals surface area (Å²) in [7, 11) is 0. The van der Waals surface area contributed by atoms with Gasteiger partial charge in [0.15, 0.2) is 5.78 Å². The number of hydrogen-bond acceptors (Lipinski definition) is 3. The zero-order valence-corrected chi connectivity index (χ0v) is 21.1. The van der Waals surface area contributed by atoms with Crippen molar-refractivity contribution < 1.29 is 9.59 Å². The van der Waals surface area contributed by atoms with E-state index in [2.05, 4.69) is 15.6 Å². The minimum absolute atomic E-state index is 0.142. The van der Waals surface area contributed by atoms with Crippen molar-refractivity contribution in [3.63, 3.8) is 0 Å². The normalized spacial score (nSPS) is 10.8. The second-order valence-electron chi connectivity index (χ2n) is 8.80. The molecule has 0 saturated heterocycles. The highest BCUT2D eigenvalue weighted by Gasteiger charge is 2.20. The number of nitrogens with one attached hydrogen (secondary N) is 2. The van der Waals surface area contributed by atoms with Gasteiger partial charge < -0.3 is 10.6 Å². The predicted molar refractivity (Wildman–Crippen MR) is 151 cm³/mol. The smallest absolute Gasteiger partial charge is 0.308 e. The fourth-order valence-electron chi connectivity index (χ4n) is 4.46. The van der Waals surface area contributed by atoms with Gasteiger partial charge in [-0.15, -0.1) is 0 Å². The first-order chi connectivity index (χ1) is 17.9. The number of rotatable bonds is 5. The summed E-state index contributed by atoms with van der Waals surface area (Å²) >= 11 is 6.46. The molecule has 5 rings (SSSR count). The Balaban J connectivity index is 1.56. The van der Waals surface area contributed by atoms with Crippen LogP contribution in [-0.4, -0.2) is 16.8 Å². The van der Waals surface area contributed by atoms with Gasteiger partial charge in [-0.2, -0.15) is 0 Å². The summed E-state index contributed by atoms with van der Waals surface area (Å²) < 4.78 is 0. The lowest BCUT2D eigenvalue weighted by Crippen LogP contribution is -2.20. The van der Waals surface area contributed by atoms with Crippen LogP contribution in [0.3, 0.4) is 0 Å². The summed E-state index contributed by atoms with van der Waals surface area (Å²) in [5, 5.41) is 7.12. The molecule has 4 aromatic carbocycles. The van der Waals surface area contributed by atoms with Crippen molar-refractivity contribution in [2.24, 2.45) is 0 Å². The van der Waals surface area contributed by atoms with Gasteiger partial charge in [0, 0.05) is 39.6 Å². The van der Waals surface area contributed by atoms with Crippen LogP contribution in [-0.2, 0) is 0 Å². The Morgan fingerprint density at radius 2 is 1.49 bits per heavy atom. The lowest BCUT2D eigenvalue weighted by molar-refractivity contribution is 0.103. The predicted octanol–water partition coefficient (Wildman–Crippen LogP) is 8.05. The molecule has 0 aliphatic carbocycles. The molecule has 6 heteroatoms. The summed E-state index contributed by atoms with van der Waals surface area (Å²) in [5.41, 5.74) is 6.43. The van der Waals surface area contributed by atoms with Gasteiger partial charge in [0.2, 0.25) is 0 Å². The number of anilines is 2. The third-order valence-electron chi connectivity index (χ3n) is 6.26. The molecule has 0 bridgehead atoms. The highest BCUT2D eigenvalue weighted by atomic mass is 35.5. The monoisotopic (exact) mass is 505 g/mol. The van der Waals surface area contributed by atoms with Crippen molar-refractivity contribution in [2.75, 3.05) is 10.6 Å². The van der Waals surface area contributed by atoms with Crippen molar-refractivity contribution in [3.05, 3.63) is 124 Å². The number of ketones is 1. The molecule has 1 heterocycles. The van der Waals surface area contributed by atoms with E-state index in [9.17, 15) is 9.59 Å². The number of aryl methyl sites for hydroxylation is 2. The molecule has 2 N–H and O–H groups in total. The van der Waals surface area contributed by atoms with E-state index in [1.165, 1.54) is 0 Å². The fraction of sp³-hybridized carbons (Fsp3) is 0.0645. The Labute approximate surface area is 220 Å². The van der Waals surface area contributed by atoms with Crippen LogP contribution in [0.1, 0.15) is 27.0 Å². The van der Waals surface area contributed by atoms with E-state index >= 15 is 0 Å². The Morgan fingerprint density at radius 1 is 0.784 bits per heavy atom. The van der Waals surface area contributed by atoms with E-state index in [-0.39, 0.29) is 11.8 Å². The number of pyridine rings is 1. The lowest BCUT2D eigenvalue weighted by Gasteiger charge is -2.15. The number of urea groups is 1. The van der Waals surface area contributed by atoms with Gasteiger partial charge in [-0.1, -0.05) is 84.4 Å². The SMILES string of the molecule is Cc1cccc(C)c1NC(=O)Nc1cccc(-c2c(C(=O)c3ccccc3)cnc3c(Cl)cccc23)c1. The van der Waals surface area contributed by atoms with Gasteiger partial charge in [0.1, 0.15) is 0 Å². The van der Waals surface area contributed by atoms with Gasteiger partial charge in [0.05, 0.1) is 10.5 Å². The van der Waals surface area contributed by atoms with Crippen molar-refractivity contribution in [1.29, 1.82) is 0 Å². The number of halogens is 1. The van der Waals surface area contributed by atoms with Crippen LogP contribution in [0.2, 0.25) is 5.02 Å². The van der Waals surface area contributed by atoms with E-state index < -0.39 is 0 Å². The zero-order chi connectivity index (χ0) is 25.9. The van der Waals surface area contributed by atoms with Gasteiger partial charge in [-0.25, -0.2) is 4.79 Å². The van der Waals surface area contributed by atoms with E-state index in [1.54, 1.807) is 24.4 Å². The van der Waals surface area contributed by atoms with Crippen LogP contribution >= 0.6 is 11.6 Å². The Hall–Kier alpha value is -4.48. The van der Waals surface area contributed by atoms with Crippen molar-refractivity contribution in [2.45, 2.75) is 13.8 Å². The molecule has 37 heavy (non-hydrogen) atoms. The molecule has 0 atom stereocenters. The molecule has 5 nitrogen and oxygen atoms in total. The number of hydrogen-bond donors (Lipinski definition) is 2. The fourth-order valence-corrected chi connectivity index (χ4v) is 4.68.